The van der Waals surface area contributed by atoms with E-state index in [1.54, 1.807) is 12.1 Å². The summed E-state index contributed by atoms with van der Waals surface area (Å²) < 4.78 is 13.7. The summed E-state index contributed by atoms with van der Waals surface area (Å²) in [6.45, 7) is 6.29. The smallest absolute Gasteiger partial charge is 0.123 e. The molecule has 21 heavy (non-hydrogen) atoms. The standard InChI is InChI=1S/C18H21FN2/c1-11-7-13(19)9-15-17(11)21-16(10-18(15,2)3)12-5-4-6-14(20)8-12/h4-9,16,21H,10,20H2,1-3H3. The van der Waals surface area contributed by atoms with E-state index in [-0.39, 0.29) is 17.3 Å². The predicted octanol–water partition coefficient (Wildman–Crippen LogP) is 4.55. The third kappa shape index (κ3) is 2.48. The van der Waals surface area contributed by atoms with Crippen LogP contribution in [0.3, 0.4) is 0 Å². The molecule has 0 aromatic heterocycles. The maximum absolute atomic E-state index is 13.7. The van der Waals surface area contributed by atoms with Gasteiger partial charge in [0.05, 0.1) is 6.04 Å². The first-order chi connectivity index (χ1) is 9.87. The second-order valence-electron chi connectivity index (χ2n) is 6.60. The molecule has 0 amide bonds. The monoisotopic (exact) mass is 284 g/mol. The van der Waals surface area contributed by atoms with Crippen molar-refractivity contribution in [2.75, 3.05) is 11.1 Å². The third-order valence-electron chi connectivity index (χ3n) is 4.38. The van der Waals surface area contributed by atoms with Crippen LogP contribution in [0.4, 0.5) is 15.8 Å². The minimum atomic E-state index is -0.163. The average molecular weight is 284 g/mol. The van der Waals surface area contributed by atoms with Gasteiger partial charge in [0, 0.05) is 11.4 Å². The first-order valence-electron chi connectivity index (χ1n) is 7.29. The fourth-order valence-electron chi connectivity index (χ4n) is 3.29. The first-order valence-corrected chi connectivity index (χ1v) is 7.29. The highest BCUT2D eigenvalue weighted by atomic mass is 19.1. The number of nitrogens with one attached hydrogen (secondary N) is 1. The van der Waals surface area contributed by atoms with Crippen LogP contribution in [0.15, 0.2) is 36.4 Å². The van der Waals surface area contributed by atoms with Gasteiger partial charge < -0.3 is 11.1 Å². The molecular weight excluding hydrogens is 263 g/mol. The Kier molecular flexibility index (Phi) is 3.16. The van der Waals surface area contributed by atoms with Crippen LogP contribution in [0.25, 0.3) is 0 Å². The Bertz CT molecular complexity index is 692. The van der Waals surface area contributed by atoms with Gasteiger partial charge in [0.1, 0.15) is 5.82 Å². The number of aryl methyl sites for hydroxylation is 1. The molecule has 110 valence electrons. The van der Waals surface area contributed by atoms with Gasteiger partial charge >= 0.3 is 0 Å². The molecule has 2 nitrogen and oxygen atoms in total. The molecule has 3 rings (SSSR count). The highest BCUT2D eigenvalue weighted by molar-refractivity contribution is 5.63. The number of benzene rings is 2. The van der Waals surface area contributed by atoms with Crippen LogP contribution < -0.4 is 11.1 Å². The fourth-order valence-corrected chi connectivity index (χ4v) is 3.29. The molecule has 1 unspecified atom stereocenters. The zero-order valence-electron chi connectivity index (χ0n) is 12.7. The minimum absolute atomic E-state index is 0.0806. The minimum Gasteiger partial charge on any atom is -0.399 e. The average Bonchev–Trinajstić information content (AvgIpc) is 2.39. The predicted molar refractivity (Wildman–Crippen MR) is 86.0 cm³/mol. The molecule has 3 heteroatoms. The van der Waals surface area contributed by atoms with E-state index in [1.165, 1.54) is 5.56 Å². The summed E-state index contributed by atoms with van der Waals surface area (Å²) in [7, 11) is 0. The van der Waals surface area contributed by atoms with Crippen molar-refractivity contribution in [3.05, 3.63) is 58.9 Å². The number of anilines is 2. The van der Waals surface area contributed by atoms with E-state index in [1.807, 2.05) is 25.1 Å². The van der Waals surface area contributed by atoms with Gasteiger partial charge in [-0.15, -0.1) is 0 Å². The summed E-state index contributed by atoms with van der Waals surface area (Å²) in [6.07, 6.45) is 0.909. The molecule has 1 atom stereocenters. The number of fused-ring (bicyclic) bond motifs is 1. The summed E-state index contributed by atoms with van der Waals surface area (Å²) in [5.41, 5.74) is 10.8. The molecule has 0 saturated heterocycles. The second kappa shape index (κ2) is 4.76. The number of nitrogen functional groups attached to an aromatic ring is 1. The van der Waals surface area contributed by atoms with Gasteiger partial charge in [-0.2, -0.15) is 0 Å². The number of hydrogen-bond donors (Lipinski definition) is 2. The molecule has 0 spiro atoms. The van der Waals surface area contributed by atoms with E-state index in [2.05, 4.69) is 25.2 Å². The molecule has 3 N–H and O–H groups in total. The van der Waals surface area contributed by atoms with Crippen LogP contribution >= 0.6 is 0 Å². The maximum Gasteiger partial charge on any atom is 0.123 e. The summed E-state index contributed by atoms with van der Waals surface area (Å²) in [4.78, 5) is 0. The van der Waals surface area contributed by atoms with Gasteiger partial charge in [-0.25, -0.2) is 4.39 Å². The molecule has 2 aromatic rings. The molecule has 0 fully saturated rings. The van der Waals surface area contributed by atoms with Crippen LogP contribution in [0.1, 0.15) is 43.0 Å². The van der Waals surface area contributed by atoms with Crippen LogP contribution in [0.5, 0.6) is 0 Å². The van der Waals surface area contributed by atoms with Crippen molar-refractivity contribution in [3.8, 4) is 0 Å². The largest absolute Gasteiger partial charge is 0.399 e. The molecule has 2 aromatic carbocycles. The Morgan fingerprint density at radius 1 is 1.24 bits per heavy atom. The number of hydrogen-bond acceptors (Lipinski definition) is 2. The lowest BCUT2D eigenvalue weighted by Gasteiger charge is -2.39. The zero-order valence-corrected chi connectivity index (χ0v) is 12.7. The molecule has 1 aliphatic rings. The third-order valence-corrected chi connectivity index (χ3v) is 4.38. The molecule has 0 saturated carbocycles. The maximum atomic E-state index is 13.7. The van der Waals surface area contributed by atoms with Gasteiger partial charge in [0.25, 0.3) is 0 Å². The van der Waals surface area contributed by atoms with E-state index in [0.717, 1.165) is 28.9 Å². The van der Waals surface area contributed by atoms with Crippen LogP contribution in [-0.4, -0.2) is 0 Å². The fraction of sp³-hybridized carbons (Fsp3) is 0.333. The second-order valence-corrected chi connectivity index (χ2v) is 6.60. The van der Waals surface area contributed by atoms with Gasteiger partial charge in [-0.3, -0.25) is 0 Å². The number of halogens is 1. The van der Waals surface area contributed by atoms with Crippen molar-refractivity contribution in [1.82, 2.24) is 0 Å². The van der Waals surface area contributed by atoms with Crippen molar-refractivity contribution in [3.63, 3.8) is 0 Å². The van der Waals surface area contributed by atoms with Crippen molar-refractivity contribution in [2.24, 2.45) is 0 Å². The number of nitrogens with two attached hydrogens (primary N) is 1. The van der Waals surface area contributed by atoms with Gasteiger partial charge in [-0.1, -0.05) is 26.0 Å². The number of rotatable bonds is 1. The van der Waals surface area contributed by atoms with Crippen molar-refractivity contribution in [2.45, 2.75) is 38.6 Å². The van der Waals surface area contributed by atoms with E-state index in [4.69, 9.17) is 5.73 Å². The molecule has 0 bridgehead atoms. The summed E-state index contributed by atoms with van der Waals surface area (Å²) in [6, 6.07) is 11.4. The molecule has 0 aliphatic carbocycles. The Labute approximate surface area is 125 Å². The topological polar surface area (TPSA) is 38.0 Å². The lowest BCUT2D eigenvalue weighted by Crippen LogP contribution is -2.32. The van der Waals surface area contributed by atoms with Gasteiger partial charge in [0.2, 0.25) is 0 Å². The first kappa shape index (κ1) is 13.9. The Balaban J connectivity index is 2.07. The Hall–Kier alpha value is -2.03. The molecule has 1 aliphatic heterocycles. The van der Waals surface area contributed by atoms with Gasteiger partial charge in [-0.05, 0) is 59.7 Å². The normalized spacial score (nSPS) is 19.7. The lowest BCUT2D eigenvalue weighted by atomic mass is 9.73. The van der Waals surface area contributed by atoms with Crippen LogP contribution in [-0.2, 0) is 5.41 Å². The van der Waals surface area contributed by atoms with Crippen molar-refractivity contribution < 1.29 is 4.39 Å². The lowest BCUT2D eigenvalue weighted by molar-refractivity contribution is 0.424. The zero-order chi connectivity index (χ0) is 15.2. The summed E-state index contributed by atoms with van der Waals surface area (Å²) in [5, 5.41) is 3.57. The van der Waals surface area contributed by atoms with E-state index < -0.39 is 0 Å². The van der Waals surface area contributed by atoms with Crippen molar-refractivity contribution >= 4 is 11.4 Å². The quantitative estimate of drug-likeness (QED) is 0.754. The van der Waals surface area contributed by atoms with Crippen molar-refractivity contribution in [1.29, 1.82) is 0 Å². The van der Waals surface area contributed by atoms with E-state index in [0.29, 0.717) is 0 Å². The Morgan fingerprint density at radius 3 is 2.71 bits per heavy atom. The Morgan fingerprint density at radius 2 is 2.00 bits per heavy atom. The molecule has 0 radical (unpaired) electrons. The highest BCUT2D eigenvalue weighted by Crippen LogP contribution is 2.45. The molecule has 1 heterocycles. The van der Waals surface area contributed by atoms with Crippen LogP contribution in [0.2, 0.25) is 0 Å². The van der Waals surface area contributed by atoms with E-state index in [9.17, 15) is 4.39 Å². The van der Waals surface area contributed by atoms with Crippen LogP contribution in [0, 0.1) is 12.7 Å². The SMILES string of the molecule is Cc1cc(F)cc2c1NC(c1cccc(N)c1)CC2(C)C. The van der Waals surface area contributed by atoms with E-state index >= 15 is 0 Å². The highest BCUT2D eigenvalue weighted by Gasteiger charge is 2.34. The molecular formula is C18H21FN2. The summed E-state index contributed by atoms with van der Waals surface area (Å²) in [5.74, 6) is -0.163. The van der Waals surface area contributed by atoms with Gasteiger partial charge in [0.15, 0.2) is 0 Å². The summed E-state index contributed by atoms with van der Waals surface area (Å²) >= 11 is 0.